The van der Waals surface area contributed by atoms with Gasteiger partial charge in [0.15, 0.2) is 0 Å². The number of nitrogens with two attached hydrogens (primary N) is 1. The van der Waals surface area contributed by atoms with Gasteiger partial charge >= 0.3 is 0 Å². The van der Waals surface area contributed by atoms with E-state index in [1.807, 2.05) is 49.0 Å². The van der Waals surface area contributed by atoms with Crippen LogP contribution in [0.3, 0.4) is 0 Å². The molecule has 6 heteroatoms. The first-order valence-electron chi connectivity index (χ1n) is 8.56. The van der Waals surface area contributed by atoms with E-state index >= 15 is 0 Å². The number of aromatic nitrogens is 2. The Balaban J connectivity index is 0.000000152. The van der Waals surface area contributed by atoms with E-state index in [1.54, 1.807) is 18.4 Å². The zero-order valence-corrected chi connectivity index (χ0v) is 15.8. The molecule has 0 saturated carbocycles. The molecule has 2 aromatic carbocycles. The van der Waals surface area contributed by atoms with Gasteiger partial charge in [0.05, 0.1) is 23.9 Å². The van der Waals surface area contributed by atoms with Crippen LogP contribution in [0.4, 0.5) is 0 Å². The van der Waals surface area contributed by atoms with Crippen molar-refractivity contribution in [2.45, 2.75) is 13.3 Å². The van der Waals surface area contributed by atoms with Gasteiger partial charge in [0.25, 0.3) is 0 Å². The van der Waals surface area contributed by atoms with Gasteiger partial charge in [-0.15, -0.1) is 11.3 Å². The molecule has 2 aromatic heterocycles. The molecule has 0 fully saturated rings. The fourth-order valence-electron chi connectivity index (χ4n) is 2.78. The van der Waals surface area contributed by atoms with Gasteiger partial charge in [0.2, 0.25) is 0 Å². The minimum absolute atomic E-state index is 0.671. The summed E-state index contributed by atoms with van der Waals surface area (Å²) in [6.45, 7) is 3.34. The number of H-pyrrole nitrogens is 1. The van der Waals surface area contributed by atoms with Crippen LogP contribution < -0.4 is 15.2 Å². The van der Waals surface area contributed by atoms with Crippen LogP contribution in [0.2, 0.25) is 0 Å². The first-order valence-corrected chi connectivity index (χ1v) is 9.43. The third-order valence-corrected chi connectivity index (χ3v) is 4.81. The number of para-hydroxylation sites is 1. The van der Waals surface area contributed by atoms with Crippen molar-refractivity contribution in [1.29, 1.82) is 0 Å². The maximum Gasteiger partial charge on any atom is 0.146 e. The normalized spacial score (nSPS) is 10.6. The van der Waals surface area contributed by atoms with E-state index in [2.05, 4.69) is 16.0 Å². The fourth-order valence-corrected chi connectivity index (χ4v) is 3.47. The second-order valence-corrected chi connectivity index (χ2v) is 6.54. The average Bonchev–Trinajstić information content (AvgIpc) is 3.30. The summed E-state index contributed by atoms with van der Waals surface area (Å²) in [4.78, 5) is 7.44. The van der Waals surface area contributed by atoms with Gasteiger partial charge in [0, 0.05) is 17.1 Å². The van der Waals surface area contributed by atoms with E-state index < -0.39 is 0 Å². The largest absolute Gasteiger partial charge is 0.497 e. The van der Waals surface area contributed by atoms with Crippen LogP contribution in [0.15, 0.2) is 48.1 Å². The van der Waals surface area contributed by atoms with Crippen LogP contribution in [-0.2, 0) is 6.42 Å². The SMILES string of the molecule is CCOc1cccc2scnc12.COc1ccc2[nH]cc(CCN)c2c1. The Morgan fingerprint density at radius 2 is 2.12 bits per heavy atom. The van der Waals surface area contributed by atoms with Gasteiger partial charge in [-0.3, -0.25) is 0 Å². The number of aromatic amines is 1. The molecule has 2 heterocycles. The van der Waals surface area contributed by atoms with Crippen molar-refractivity contribution in [1.82, 2.24) is 9.97 Å². The third kappa shape index (κ3) is 3.98. The summed E-state index contributed by atoms with van der Waals surface area (Å²) in [5.41, 5.74) is 10.7. The van der Waals surface area contributed by atoms with Gasteiger partial charge in [0.1, 0.15) is 17.0 Å². The summed E-state index contributed by atoms with van der Waals surface area (Å²) in [6.07, 6.45) is 2.91. The summed E-state index contributed by atoms with van der Waals surface area (Å²) in [5, 5.41) is 1.20. The first kappa shape index (κ1) is 18.2. The number of nitrogens with one attached hydrogen (secondary N) is 1. The molecule has 0 atom stereocenters. The van der Waals surface area contributed by atoms with Gasteiger partial charge in [-0.25, -0.2) is 4.98 Å². The van der Waals surface area contributed by atoms with Gasteiger partial charge in [-0.05, 0) is 55.8 Å². The number of ether oxygens (including phenoxy) is 2. The number of rotatable bonds is 5. The smallest absolute Gasteiger partial charge is 0.146 e. The van der Waals surface area contributed by atoms with Crippen molar-refractivity contribution in [2.24, 2.45) is 5.73 Å². The number of fused-ring (bicyclic) bond motifs is 2. The molecule has 0 amide bonds. The lowest BCUT2D eigenvalue weighted by Crippen LogP contribution is -2.01. The predicted octanol–water partition coefficient (Wildman–Crippen LogP) is 4.37. The summed E-state index contributed by atoms with van der Waals surface area (Å²) in [7, 11) is 1.68. The highest BCUT2D eigenvalue weighted by Crippen LogP contribution is 2.26. The molecule has 4 rings (SSSR count). The molecule has 136 valence electrons. The van der Waals surface area contributed by atoms with Gasteiger partial charge in [-0.1, -0.05) is 6.07 Å². The molecule has 0 aliphatic heterocycles. The number of nitrogens with zero attached hydrogens (tertiary/aromatic N) is 1. The van der Waals surface area contributed by atoms with Crippen molar-refractivity contribution < 1.29 is 9.47 Å². The molecular formula is C20H23N3O2S. The molecule has 0 saturated heterocycles. The minimum Gasteiger partial charge on any atom is -0.497 e. The lowest BCUT2D eigenvalue weighted by molar-refractivity contribution is 0.344. The maximum absolute atomic E-state index is 5.54. The number of hydrogen-bond acceptors (Lipinski definition) is 5. The quantitative estimate of drug-likeness (QED) is 0.548. The van der Waals surface area contributed by atoms with Crippen LogP contribution in [0, 0.1) is 0 Å². The maximum atomic E-state index is 5.54. The summed E-state index contributed by atoms with van der Waals surface area (Å²) >= 11 is 1.64. The first-order chi connectivity index (χ1) is 12.8. The molecule has 26 heavy (non-hydrogen) atoms. The lowest BCUT2D eigenvalue weighted by atomic mass is 10.1. The third-order valence-electron chi connectivity index (χ3n) is 4.01. The van der Waals surface area contributed by atoms with E-state index in [9.17, 15) is 0 Å². The Labute approximate surface area is 156 Å². The van der Waals surface area contributed by atoms with Crippen molar-refractivity contribution in [3.63, 3.8) is 0 Å². The summed E-state index contributed by atoms with van der Waals surface area (Å²) in [5.74, 6) is 1.77. The van der Waals surface area contributed by atoms with E-state index in [-0.39, 0.29) is 0 Å². The lowest BCUT2D eigenvalue weighted by Gasteiger charge is -2.01. The van der Waals surface area contributed by atoms with Crippen LogP contribution in [0.1, 0.15) is 12.5 Å². The molecule has 0 aliphatic carbocycles. The van der Waals surface area contributed by atoms with Crippen molar-refractivity contribution in [3.8, 4) is 11.5 Å². The van der Waals surface area contributed by atoms with Gasteiger partial charge in [-0.2, -0.15) is 0 Å². The number of hydrogen-bond donors (Lipinski definition) is 2. The Morgan fingerprint density at radius 1 is 1.23 bits per heavy atom. The highest BCUT2D eigenvalue weighted by atomic mass is 32.1. The zero-order valence-electron chi connectivity index (χ0n) is 15.0. The van der Waals surface area contributed by atoms with Crippen molar-refractivity contribution in [3.05, 3.63) is 53.7 Å². The highest BCUT2D eigenvalue weighted by molar-refractivity contribution is 7.16. The number of thiazole rings is 1. The number of methoxy groups -OCH3 is 1. The van der Waals surface area contributed by atoms with E-state index in [0.717, 1.165) is 29.0 Å². The van der Waals surface area contributed by atoms with E-state index in [1.165, 1.54) is 15.6 Å². The molecule has 0 unspecified atom stereocenters. The van der Waals surface area contributed by atoms with Crippen molar-refractivity contribution >= 4 is 32.5 Å². The Morgan fingerprint density at radius 3 is 2.88 bits per heavy atom. The van der Waals surface area contributed by atoms with Crippen molar-refractivity contribution in [2.75, 3.05) is 20.3 Å². The molecule has 0 radical (unpaired) electrons. The zero-order chi connectivity index (χ0) is 18.4. The van der Waals surface area contributed by atoms with E-state index in [4.69, 9.17) is 15.2 Å². The Bertz CT molecular complexity index is 977. The molecule has 4 aromatic rings. The molecule has 0 aliphatic rings. The van der Waals surface area contributed by atoms with Crippen LogP contribution in [0.25, 0.3) is 21.1 Å². The van der Waals surface area contributed by atoms with Gasteiger partial charge < -0.3 is 20.2 Å². The van der Waals surface area contributed by atoms with Crippen LogP contribution in [-0.4, -0.2) is 30.2 Å². The Kier molecular flexibility index (Phi) is 6.09. The molecule has 0 spiro atoms. The van der Waals surface area contributed by atoms with Crippen LogP contribution >= 0.6 is 11.3 Å². The molecule has 0 bridgehead atoms. The summed E-state index contributed by atoms with van der Waals surface area (Å²) < 4.78 is 11.8. The number of benzene rings is 2. The Hall–Kier alpha value is -2.57. The second-order valence-electron chi connectivity index (χ2n) is 5.65. The fraction of sp³-hybridized carbons (Fsp3) is 0.250. The topological polar surface area (TPSA) is 73.2 Å². The monoisotopic (exact) mass is 369 g/mol. The minimum atomic E-state index is 0.671. The average molecular weight is 369 g/mol. The highest BCUT2D eigenvalue weighted by Gasteiger charge is 2.04. The molecule has 5 nitrogen and oxygen atoms in total. The summed E-state index contributed by atoms with van der Waals surface area (Å²) in [6, 6.07) is 12.0. The predicted molar refractivity (Wildman–Crippen MR) is 108 cm³/mol. The van der Waals surface area contributed by atoms with E-state index in [0.29, 0.717) is 13.2 Å². The second kappa shape index (κ2) is 8.69. The van der Waals surface area contributed by atoms with Crippen LogP contribution in [0.5, 0.6) is 11.5 Å². The molecular weight excluding hydrogens is 346 g/mol. The standard InChI is InChI=1S/C11H14N2O.C9H9NOS/c1-14-9-2-3-11-10(6-9)8(4-5-12)7-13-11;1-2-11-7-4-3-5-8-9(7)10-6-12-8/h2-3,6-7,13H,4-5,12H2,1H3;3-6H,2H2,1H3. The molecule has 3 N–H and O–H groups in total.